The second kappa shape index (κ2) is 9.58. The number of primary amides is 1. The number of aromatic nitrogens is 1. The highest BCUT2D eigenvalue weighted by atomic mass is 32.2. The van der Waals surface area contributed by atoms with E-state index in [4.69, 9.17) is 17.2 Å². The van der Waals surface area contributed by atoms with Gasteiger partial charge >= 0.3 is 6.18 Å². The molecule has 4 unspecified atom stereocenters. The van der Waals surface area contributed by atoms with E-state index < -0.39 is 59.3 Å². The highest BCUT2D eigenvalue weighted by molar-refractivity contribution is 8.03. The van der Waals surface area contributed by atoms with Gasteiger partial charge in [0.1, 0.15) is 22.7 Å². The van der Waals surface area contributed by atoms with Crippen LogP contribution in [0.4, 0.5) is 33.3 Å². The number of hydrogen-bond donors (Lipinski definition) is 4. The number of aliphatic hydroxyl groups excluding tert-OH is 1. The highest BCUT2D eigenvalue weighted by Gasteiger charge is 2.47. The first kappa shape index (κ1) is 26.5. The maximum absolute atomic E-state index is 15.0. The van der Waals surface area contributed by atoms with Crippen molar-refractivity contribution >= 4 is 29.0 Å². The molecule has 2 aromatic rings. The third-order valence-electron chi connectivity index (χ3n) is 7.10. The molecule has 1 aliphatic carbocycles. The molecule has 3 aliphatic rings. The van der Waals surface area contributed by atoms with Crippen LogP contribution in [-0.4, -0.2) is 41.3 Å². The molecule has 0 spiro atoms. The number of carbonyl (C=O) groups excluding carboxylic acids is 1. The van der Waals surface area contributed by atoms with Gasteiger partial charge in [0.05, 0.1) is 45.9 Å². The maximum Gasteiger partial charge on any atom is 0.393 e. The Morgan fingerprint density at radius 3 is 2.50 bits per heavy atom. The predicted molar refractivity (Wildman–Crippen MR) is 131 cm³/mol. The van der Waals surface area contributed by atoms with Crippen LogP contribution in [0.2, 0.25) is 0 Å². The molecular formula is C24H25F5N6O2S. The largest absolute Gasteiger partial charge is 0.393 e. The van der Waals surface area contributed by atoms with Crippen molar-refractivity contribution in [3.8, 4) is 0 Å². The van der Waals surface area contributed by atoms with Crippen LogP contribution in [0, 0.1) is 17.6 Å². The summed E-state index contributed by atoms with van der Waals surface area (Å²) in [6.45, 7) is -0.404. The molecule has 5 rings (SSSR count). The number of hydrogen-bond acceptors (Lipinski definition) is 8. The molecule has 14 heteroatoms. The van der Waals surface area contributed by atoms with Crippen LogP contribution in [0.15, 0.2) is 35.1 Å². The lowest BCUT2D eigenvalue weighted by Gasteiger charge is -2.41. The number of nitrogens with two attached hydrogens (primary N) is 3. The second-order valence-electron chi connectivity index (χ2n) is 9.60. The number of anilines is 2. The zero-order valence-corrected chi connectivity index (χ0v) is 20.7. The summed E-state index contributed by atoms with van der Waals surface area (Å²) in [4.78, 5) is 19.6. The molecule has 1 amide bonds. The van der Waals surface area contributed by atoms with E-state index in [1.165, 1.54) is 22.1 Å². The minimum atomic E-state index is -4.52. The third kappa shape index (κ3) is 4.43. The predicted octanol–water partition coefficient (Wildman–Crippen LogP) is 2.92. The fraction of sp³-hybridized carbons (Fsp3) is 0.417. The van der Waals surface area contributed by atoms with Crippen molar-refractivity contribution in [2.24, 2.45) is 23.1 Å². The van der Waals surface area contributed by atoms with Crippen LogP contribution >= 0.6 is 11.8 Å². The zero-order valence-electron chi connectivity index (χ0n) is 19.9. The summed E-state index contributed by atoms with van der Waals surface area (Å²) in [5, 5.41) is 9.11. The zero-order chi connectivity index (χ0) is 27.5. The lowest BCUT2D eigenvalue weighted by atomic mass is 9.92. The van der Waals surface area contributed by atoms with E-state index in [0.29, 0.717) is 5.56 Å². The molecule has 2 aliphatic heterocycles. The topological polar surface area (TPSA) is 135 Å². The van der Waals surface area contributed by atoms with Crippen molar-refractivity contribution in [2.45, 2.75) is 43.0 Å². The van der Waals surface area contributed by atoms with Crippen molar-refractivity contribution in [2.75, 3.05) is 22.9 Å². The summed E-state index contributed by atoms with van der Waals surface area (Å²) in [7, 11) is 0. The van der Waals surface area contributed by atoms with Gasteiger partial charge < -0.3 is 32.1 Å². The number of rotatable bonds is 4. The Hall–Kier alpha value is -3.10. The molecular weight excluding hydrogens is 531 g/mol. The van der Waals surface area contributed by atoms with Gasteiger partial charge in [-0.25, -0.2) is 8.78 Å². The monoisotopic (exact) mass is 556 g/mol. The lowest BCUT2D eigenvalue weighted by molar-refractivity contribution is -0.177. The Bertz CT molecular complexity index is 1300. The summed E-state index contributed by atoms with van der Waals surface area (Å²) in [5.41, 5.74) is 18.2. The minimum absolute atomic E-state index is 0.0386. The number of nitrogens with zero attached hydrogens (tertiary/aromatic N) is 3. The van der Waals surface area contributed by atoms with Gasteiger partial charge in [0, 0.05) is 24.7 Å². The van der Waals surface area contributed by atoms with Gasteiger partial charge in [-0.3, -0.25) is 9.78 Å². The fourth-order valence-corrected chi connectivity index (χ4v) is 6.69. The fourth-order valence-electron chi connectivity index (χ4n) is 5.47. The van der Waals surface area contributed by atoms with Crippen molar-refractivity contribution in [3.63, 3.8) is 0 Å². The van der Waals surface area contributed by atoms with E-state index >= 15 is 0 Å². The molecule has 1 aromatic heterocycles. The number of piperidine rings is 1. The average Bonchev–Trinajstić information content (AvgIpc) is 3.37. The van der Waals surface area contributed by atoms with Crippen molar-refractivity contribution < 1.29 is 31.9 Å². The number of fused-ring (bicyclic) bond motifs is 1. The quantitative estimate of drug-likeness (QED) is 0.423. The van der Waals surface area contributed by atoms with E-state index in [-0.39, 0.29) is 53.6 Å². The first-order valence-electron chi connectivity index (χ1n) is 11.8. The molecule has 0 bridgehead atoms. The van der Waals surface area contributed by atoms with Gasteiger partial charge in [0.25, 0.3) is 5.91 Å². The molecule has 1 fully saturated rings. The minimum Gasteiger partial charge on any atom is -0.392 e. The number of pyridine rings is 1. The molecule has 38 heavy (non-hydrogen) atoms. The Morgan fingerprint density at radius 1 is 1.18 bits per heavy atom. The number of alkyl halides is 3. The van der Waals surface area contributed by atoms with Gasteiger partial charge in [-0.05, 0) is 31.4 Å². The average molecular weight is 557 g/mol. The van der Waals surface area contributed by atoms with E-state index in [2.05, 4.69) is 4.98 Å². The standard InChI is InChI=1S/C24H25F5N6O2S/c25-13-2-1-3-14(26)17(13)23-35(20(21(31)37)22(32)38-23)15-7-33-18-12(4-5-16(18)36)19(15)34-8-10(24(27,28)29)6-11(30)9-34/h1-3,7,10-11,16,23,36H,4-6,8-9,30,32H2,(H2,31,37). The Morgan fingerprint density at radius 2 is 1.87 bits per heavy atom. The third-order valence-corrected chi connectivity index (χ3v) is 8.21. The molecule has 1 aromatic carbocycles. The van der Waals surface area contributed by atoms with Gasteiger partial charge in [-0.2, -0.15) is 13.2 Å². The summed E-state index contributed by atoms with van der Waals surface area (Å²) < 4.78 is 71.3. The molecule has 8 nitrogen and oxygen atoms in total. The number of halogens is 5. The Labute approximate surface area is 218 Å². The van der Waals surface area contributed by atoms with Crippen LogP contribution in [0.25, 0.3) is 0 Å². The lowest BCUT2D eigenvalue weighted by Crippen LogP contribution is -2.51. The van der Waals surface area contributed by atoms with Crippen LogP contribution in [0.1, 0.15) is 41.1 Å². The first-order valence-corrected chi connectivity index (χ1v) is 12.7. The maximum atomic E-state index is 15.0. The van der Waals surface area contributed by atoms with Gasteiger partial charge in [-0.15, -0.1) is 0 Å². The number of amides is 1. The smallest absolute Gasteiger partial charge is 0.392 e. The normalized spacial score (nSPS) is 25.8. The Kier molecular flexibility index (Phi) is 6.68. The molecule has 0 saturated carbocycles. The summed E-state index contributed by atoms with van der Waals surface area (Å²) in [5.74, 6) is -4.55. The summed E-state index contributed by atoms with van der Waals surface area (Å²) >= 11 is 0.783. The van der Waals surface area contributed by atoms with Gasteiger partial charge in [0.2, 0.25) is 0 Å². The SMILES string of the molecule is NC(=O)C1=C(N)SC(c2c(F)cccc2F)N1c1cnc2c(c1N1CC(N)CC(C(F)(F)F)C1)CCC2O. The molecule has 204 valence electrons. The highest BCUT2D eigenvalue weighted by Crippen LogP contribution is 2.53. The molecule has 1 saturated heterocycles. The molecule has 4 atom stereocenters. The number of aliphatic hydroxyl groups is 1. The van der Waals surface area contributed by atoms with E-state index in [9.17, 15) is 31.9 Å². The van der Waals surface area contributed by atoms with Gasteiger partial charge in [-0.1, -0.05) is 17.8 Å². The van der Waals surface area contributed by atoms with E-state index in [0.717, 1.165) is 23.9 Å². The number of carbonyl (C=O) groups is 1. The number of thioether (sulfide) groups is 1. The first-order chi connectivity index (χ1) is 17.9. The van der Waals surface area contributed by atoms with Crippen LogP contribution in [0.5, 0.6) is 0 Å². The summed E-state index contributed by atoms with van der Waals surface area (Å²) in [6, 6.07) is 2.44. The Balaban J connectivity index is 1.73. The number of benzene rings is 1. The van der Waals surface area contributed by atoms with E-state index in [1.807, 2.05) is 0 Å². The van der Waals surface area contributed by atoms with Crippen molar-refractivity contribution in [3.05, 3.63) is 63.6 Å². The molecule has 7 N–H and O–H groups in total. The van der Waals surface area contributed by atoms with Crippen LogP contribution in [0.3, 0.4) is 0 Å². The molecule has 3 heterocycles. The summed E-state index contributed by atoms with van der Waals surface area (Å²) in [6.07, 6.45) is -3.91. The second-order valence-corrected chi connectivity index (χ2v) is 10.7. The van der Waals surface area contributed by atoms with Crippen LogP contribution < -0.4 is 27.0 Å². The van der Waals surface area contributed by atoms with Crippen molar-refractivity contribution in [1.29, 1.82) is 0 Å². The van der Waals surface area contributed by atoms with Crippen molar-refractivity contribution in [1.82, 2.24) is 4.98 Å². The van der Waals surface area contributed by atoms with Crippen LogP contribution in [-0.2, 0) is 11.2 Å². The molecule has 0 radical (unpaired) electrons. The van der Waals surface area contributed by atoms with Gasteiger partial charge in [0.15, 0.2) is 0 Å². The van der Waals surface area contributed by atoms with E-state index in [1.54, 1.807) is 0 Å².